The molecule has 3 fully saturated rings. The first-order valence-corrected chi connectivity index (χ1v) is 4.73. The summed E-state index contributed by atoms with van der Waals surface area (Å²) in [4.78, 5) is 0. The molecule has 0 nitrogen and oxygen atoms in total. The molecule has 3 aliphatic carbocycles. The van der Waals surface area contributed by atoms with Crippen molar-refractivity contribution in [1.29, 1.82) is 0 Å². The average Bonchev–Trinajstić information content (AvgIpc) is 2.16. The van der Waals surface area contributed by atoms with E-state index in [0.29, 0.717) is 0 Å². The van der Waals surface area contributed by atoms with E-state index in [-0.39, 0.29) is 0 Å². The Hall–Kier alpha value is 0. The van der Waals surface area contributed by atoms with Crippen molar-refractivity contribution in [3.05, 3.63) is 0 Å². The smallest absolute Gasteiger partial charge is 0.0286 e. The zero-order chi connectivity index (χ0) is 6.93. The van der Waals surface area contributed by atoms with E-state index < -0.39 is 0 Å². The number of hydrogen-bond donors (Lipinski definition) is 0. The summed E-state index contributed by atoms with van der Waals surface area (Å²) >= 11 is 0. The average molecular weight is 136 g/mol. The molecular weight excluding hydrogens is 120 g/mol. The van der Waals surface area contributed by atoms with Crippen molar-refractivity contribution in [1.82, 2.24) is 0 Å². The van der Waals surface area contributed by atoms with E-state index in [1.54, 1.807) is 19.3 Å². The zero-order valence-electron chi connectivity index (χ0n) is 6.93. The minimum absolute atomic E-state index is 0.774. The topological polar surface area (TPSA) is 0 Å². The van der Waals surface area contributed by atoms with Gasteiger partial charge in [0.05, 0.1) is 0 Å². The maximum Gasteiger partial charge on any atom is -0.0286 e. The minimum atomic E-state index is 0.774. The summed E-state index contributed by atoms with van der Waals surface area (Å²) in [6.45, 7) is 4.95. The van der Waals surface area contributed by atoms with Crippen LogP contribution in [0, 0.1) is 29.1 Å². The van der Waals surface area contributed by atoms with Gasteiger partial charge in [0.1, 0.15) is 0 Å². The maximum absolute atomic E-state index is 2.47. The van der Waals surface area contributed by atoms with Crippen molar-refractivity contribution in [2.75, 3.05) is 0 Å². The van der Waals surface area contributed by atoms with Gasteiger partial charge < -0.3 is 0 Å². The lowest BCUT2D eigenvalue weighted by Crippen LogP contribution is -2.23. The third kappa shape index (κ3) is 0.383. The van der Waals surface area contributed by atoms with Gasteiger partial charge in [0, 0.05) is 0 Å². The molecule has 0 bridgehead atoms. The van der Waals surface area contributed by atoms with Crippen molar-refractivity contribution in [3.63, 3.8) is 0 Å². The highest BCUT2D eigenvalue weighted by molar-refractivity contribution is 5.21. The molecule has 3 rings (SSSR count). The van der Waals surface area contributed by atoms with Crippen molar-refractivity contribution in [2.45, 2.75) is 33.1 Å². The van der Waals surface area contributed by atoms with E-state index in [2.05, 4.69) is 13.8 Å². The monoisotopic (exact) mass is 136 g/mol. The number of fused-ring (bicyclic) bond motifs is 4. The summed E-state index contributed by atoms with van der Waals surface area (Å²) in [5, 5.41) is 0. The minimum Gasteiger partial charge on any atom is -0.0593 e. The van der Waals surface area contributed by atoms with Crippen LogP contribution < -0.4 is 0 Å². The van der Waals surface area contributed by atoms with Crippen LogP contribution in [-0.4, -0.2) is 0 Å². The molecule has 0 heteroatoms. The second-order valence-electron chi connectivity index (χ2n) is 5.13. The Morgan fingerprint density at radius 1 is 1.00 bits per heavy atom. The van der Waals surface area contributed by atoms with Gasteiger partial charge in [-0.15, -0.1) is 0 Å². The normalized spacial score (nSPS) is 60.6. The maximum atomic E-state index is 2.47. The summed E-state index contributed by atoms with van der Waals surface area (Å²) in [5.41, 5.74) is 0.774. The van der Waals surface area contributed by atoms with Gasteiger partial charge in [-0.05, 0) is 41.9 Å². The molecule has 0 heterocycles. The number of rotatable bonds is 0. The SMILES string of the molecule is CC1(C)[C@@H]2[C@@H]3CCC[C@@H]3[C@@H]21. The number of hydrogen-bond acceptors (Lipinski definition) is 0. The first kappa shape index (κ1) is 5.62. The molecule has 10 heavy (non-hydrogen) atoms. The van der Waals surface area contributed by atoms with Crippen LogP contribution in [-0.2, 0) is 0 Å². The van der Waals surface area contributed by atoms with Crippen LogP contribution in [0.4, 0.5) is 0 Å². The predicted molar refractivity (Wildman–Crippen MR) is 41.6 cm³/mol. The van der Waals surface area contributed by atoms with E-state index in [4.69, 9.17) is 0 Å². The van der Waals surface area contributed by atoms with Crippen molar-refractivity contribution in [3.8, 4) is 0 Å². The third-order valence-electron chi connectivity index (χ3n) is 4.54. The molecule has 0 unspecified atom stereocenters. The van der Waals surface area contributed by atoms with Crippen LogP contribution in [0.2, 0.25) is 0 Å². The molecule has 56 valence electrons. The fraction of sp³-hybridized carbons (Fsp3) is 1.00. The lowest BCUT2D eigenvalue weighted by atomic mass is 9.77. The fourth-order valence-electron chi connectivity index (χ4n) is 4.12. The Balaban J connectivity index is 1.89. The molecule has 0 aromatic rings. The second kappa shape index (κ2) is 1.31. The molecule has 0 aromatic heterocycles. The molecular formula is C10H16. The predicted octanol–water partition coefficient (Wildman–Crippen LogP) is 2.69. The summed E-state index contributed by atoms with van der Waals surface area (Å²) in [7, 11) is 0. The Morgan fingerprint density at radius 2 is 1.50 bits per heavy atom. The van der Waals surface area contributed by atoms with Crippen molar-refractivity contribution in [2.24, 2.45) is 29.1 Å². The van der Waals surface area contributed by atoms with Gasteiger partial charge in [0.2, 0.25) is 0 Å². The molecule has 0 amide bonds. The Labute approximate surface area is 63.0 Å². The molecule has 3 saturated carbocycles. The summed E-state index contributed by atoms with van der Waals surface area (Å²) in [6, 6.07) is 0. The van der Waals surface area contributed by atoms with Gasteiger partial charge in [-0.3, -0.25) is 0 Å². The quantitative estimate of drug-likeness (QED) is 0.480. The lowest BCUT2D eigenvalue weighted by Gasteiger charge is -2.28. The Bertz CT molecular complexity index is 150. The largest absolute Gasteiger partial charge is 0.0593 e. The van der Waals surface area contributed by atoms with Crippen molar-refractivity contribution >= 4 is 0 Å². The van der Waals surface area contributed by atoms with Gasteiger partial charge in [0.25, 0.3) is 0 Å². The molecule has 0 spiro atoms. The van der Waals surface area contributed by atoms with Crippen LogP contribution in [0.3, 0.4) is 0 Å². The Morgan fingerprint density at radius 3 is 2.00 bits per heavy atom. The first-order chi connectivity index (χ1) is 4.73. The lowest BCUT2D eigenvalue weighted by molar-refractivity contribution is 0.195. The Kier molecular flexibility index (Phi) is 0.735. The molecule has 0 aromatic carbocycles. The zero-order valence-corrected chi connectivity index (χ0v) is 6.93. The van der Waals surface area contributed by atoms with Crippen LogP contribution >= 0.6 is 0 Å². The van der Waals surface area contributed by atoms with Gasteiger partial charge in [-0.2, -0.15) is 0 Å². The van der Waals surface area contributed by atoms with Gasteiger partial charge in [-0.1, -0.05) is 20.3 Å². The summed E-state index contributed by atoms with van der Waals surface area (Å²) < 4.78 is 0. The van der Waals surface area contributed by atoms with E-state index in [9.17, 15) is 0 Å². The van der Waals surface area contributed by atoms with E-state index in [1.165, 1.54) is 23.7 Å². The summed E-state index contributed by atoms with van der Waals surface area (Å²) in [5.74, 6) is 4.69. The van der Waals surface area contributed by atoms with Gasteiger partial charge >= 0.3 is 0 Å². The molecule has 0 aliphatic heterocycles. The molecule has 0 saturated heterocycles. The molecule has 0 radical (unpaired) electrons. The molecule has 0 N–H and O–H groups in total. The summed E-state index contributed by atoms with van der Waals surface area (Å²) in [6.07, 6.45) is 4.67. The van der Waals surface area contributed by atoms with Crippen LogP contribution in [0.15, 0.2) is 0 Å². The van der Waals surface area contributed by atoms with Crippen LogP contribution in [0.5, 0.6) is 0 Å². The van der Waals surface area contributed by atoms with Gasteiger partial charge in [0.15, 0.2) is 0 Å². The fourth-order valence-corrected chi connectivity index (χ4v) is 4.12. The van der Waals surface area contributed by atoms with E-state index in [1.807, 2.05) is 0 Å². The van der Waals surface area contributed by atoms with Gasteiger partial charge in [-0.25, -0.2) is 0 Å². The van der Waals surface area contributed by atoms with E-state index >= 15 is 0 Å². The highest BCUT2D eigenvalue weighted by Gasteiger charge is 2.74. The van der Waals surface area contributed by atoms with Crippen LogP contribution in [0.1, 0.15) is 33.1 Å². The molecule has 3 aliphatic rings. The van der Waals surface area contributed by atoms with Crippen LogP contribution in [0.25, 0.3) is 0 Å². The highest BCUT2D eigenvalue weighted by atomic mass is 14.8. The standard InChI is InChI=1S/C10H16/c1-10(2)8-6-4-3-5-7(6)9(8)10/h6-9H,3-5H2,1-2H3/t6-,7+,8-,9+. The first-order valence-electron chi connectivity index (χ1n) is 4.73. The highest BCUT2D eigenvalue weighted by Crippen LogP contribution is 2.79. The third-order valence-corrected chi connectivity index (χ3v) is 4.54. The van der Waals surface area contributed by atoms with Crippen molar-refractivity contribution < 1.29 is 0 Å². The molecule has 4 atom stereocenters. The second-order valence-corrected chi connectivity index (χ2v) is 5.13. The van der Waals surface area contributed by atoms with E-state index in [0.717, 1.165) is 5.41 Å².